The molecule has 4 nitrogen and oxygen atoms in total. The highest BCUT2D eigenvalue weighted by atomic mass is 16.5. The number of phenols is 1. The lowest BCUT2D eigenvalue weighted by Gasteiger charge is -2.14. The molecule has 0 spiro atoms. The van der Waals surface area contributed by atoms with Crippen molar-refractivity contribution in [3.63, 3.8) is 0 Å². The fourth-order valence-electron chi connectivity index (χ4n) is 2.42. The monoisotopic (exact) mass is 326 g/mol. The Morgan fingerprint density at radius 2 is 1.92 bits per heavy atom. The summed E-state index contributed by atoms with van der Waals surface area (Å²) >= 11 is 0. The summed E-state index contributed by atoms with van der Waals surface area (Å²) in [5, 5.41) is 19.3. The van der Waals surface area contributed by atoms with E-state index >= 15 is 0 Å². The fraction of sp³-hybridized carbons (Fsp3) is 0.250. The molecule has 0 amide bonds. The van der Waals surface area contributed by atoms with E-state index in [0.717, 1.165) is 11.1 Å². The van der Waals surface area contributed by atoms with Gasteiger partial charge in [-0.25, -0.2) is 4.79 Å². The largest absolute Gasteiger partial charge is 0.507 e. The molecule has 2 N–H and O–H groups in total. The number of carboxylic acid groups (broad SMARTS) is 1. The van der Waals surface area contributed by atoms with E-state index in [1.807, 2.05) is 38.1 Å². The maximum Gasteiger partial charge on any atom is 0.339 e. The summed E-state index contributed by atoms with van der Waals surface area (Å²) in [4.78, 5) is 11.3. The molecule has 4 heteroatoms. The Morgan fingerprint density at radius 1 is 1.25 bits per heavy atom. The van der Waals surface area contributed by atoms with E-state index in [0.29, 0.717) is 24.3 Å². The van der Waals surface area contributed by atoms with E-state index in [4.69, 9.17) is 4.74 Å². The molecule has 2 aromatic rings. The van der Waals surface area contributed by atoms with E-state index in [1.54, 1.807) is 12.1 Å². The van der Waals surface area contributed by atoms with Crippen LogP contribution < -0.4 is 4.74 Å². The molecule has 2 aromatic carbocycles. The van der Waals surface area contributed by atoms with Gasteiger partial charge in [-0.15, -0.1) is 0 Å². The second-order valence-corrected chi connectivity index (χ2v) is 5.91. The summed E-state index contributed by atoms with van der Waals surface area (Å²) in [7, 11) is 0. The number of carboxylic acids is 1. The van der Waals surface area contributed by atoms with Crippen LogP contribution in [0.1, 0.15) is 46.8 Å². The van der Waals surface area contributed by atoms with Crippen molar-refractivity contribution < 1.29 is 19.7 Å². The molecule has 0 fully saturated rings. The molecule has 0 unspecified atom stereocenters. The molecule has 0 saturated carbocycles. The highest BCUT2D eigenvalue weighted by Crippen LogP contribution is 2.33. The quantitative estimate of drug-likeness (QED) is 0.787. The van der Waals surface area contributed by atoms with Gasteiger partial charge in [0.25, 0.3) is 0 Å². The summed E-state index contributed by atoms with van der Waals surface area (Å²) in [6.07, 6.45) is 2.50. The Labute approximate surface area is 142 Å². The van der Waals surface area contributed by atoms with E-state index < -0.39 is 5.97 Å². The lowest BCUT2D eigenvalue weighted by atomic mass is 9.98. The lowest BCUT2D eigenvalue weighted by molar-refractivity contribution is 0.0693. The Morgan fingerprint density at radius 3 is 2.46 bits per heavy atom. The van der Waals surface area contributed by atoms with Crippen LogP contribution in [-0.2, 0) is 6.42 Å². The topological polar surface area (TPSA) is 66.8 Å². The lowest BCUT2D eigenvalue weighted by Crippen LogP contribution is -2.05. The summed E-state index contributed by atoms with van der Waals surface area (Å²) in [5.41, 5.74) is 2.62. The van der Waals surface area contributed by atoms with Crippen molar-refractivity contribution in [3.8, 4) is 11.5 Å². The van der Waals surface area contributed by atoms with Crippen molar-refractivity contribution in [2.45, 2.75) is 26.2 Å². The maximum absolute atomic E-state index is 11.3. The summed E-state index contributed by atoms with van der Waals surface area (Å²) in [6, 6.07) is 11.1. The molecule has 0 atom stereocenters. The first-order valence-corrected chi connectivity index (χ1v) is 7.86. The minimum Gasteiger partial charge on any atom is -0.507 e. The Hall–Kier alpha value is -2.75. The highest BCUT2D eigenvalue weighted by Gasteiger charge is 2.18. The van der Waals surface area contributed by atoms with Crippen LogP contribution in [0.15, 0.2) is 43.0 Å². The third-order valence-electron chi connectivity index (χ3n) is 3.84. The first-order chi connectivity index (χ1) is 11.4. The van der Waals surface area contributed by atoms with Gasteiger partial charge < -0.3 is 14.9 Å². The number of ether oxygens (including phenoxy) is 1. The van der Waals surface area contributed by atoms with E-state index in [2.05, 4.69) is 6.58 Å². The van der Waals surface area contributed by atoms with Crippen LogP contribution in [0.3, 0.4) is 0 Å². The first kappa shape index (κ1) is 17.6. The zero-order chi connectivity index (χ0) is 17.7. The van der Waals surface area contributed by atoms with Gasteiger partial charge in [0.1, 0.15) is 17.1 Å². The predicted molar refractivity (Wildman–Crippen MR) is 94.9 cm³/mol. The average molecular weight is 326 g/mol. The van der Waals surface area contributed by atoms with Gasteiger partial charge in [-0.2, -0.15) is 0 Å². The molecular formula is C20H22O4. The number of rotatable bonds is 7. The molecule has 0 bridgehead atoms. The molecule has 0 aliphatic heterocycles. The predicted octanol–water partition coefficient (Wildman–Crippen LogP) is 4.48. The number of aromatic hydroxyl groups is 1. The summed E-state index contributed by atoms with van der Waals surface area (Å²) < 4.78 is 5.71. The van der Waals surface area contributed by atoms with Gasteiger partial charge in [-0.1, -0.05) is 50.8 Å². The smallest absolute Gasteiger partial charge is 0.339 e. The van der Waals surface area contributed by atoms with Crippen LogP contribution in [0.5, 0.6) is 11.5 Å². The van der Waals surface area contributed by atoms with E-state index in [-0.39, 0.29) is 17.2 Å². The van der Waals surface area contributed by atoms with Gasteiger partial charge in [0.2, 0.25) is 0 Å². The van der Waals surface area contributed by atoms with Crippen LogP contribution in [0, 0.1) is 0 Å². The first-order valence-electron chi connectivity index (χ1n) is 7.86. The second-order valence-electron chi connectivity index (χ2n) is 5.91. The van der Waals surface area contributed by atoms with Gasteiger partial charge in [0.15, 0.2) is 0 Å². The van der Waals surface area contributed by atoms with Crippen molar-refractivity contribution in [1.82, 2.24) is 0 Å². The van der Waals surface area contributed by atoms with Crippen molar-refractivity contribution >= 4 is 12.0 Å². The minimum atomic E-state index is -1.17. The zero-order valence-corrected chi connectivity index (χ0v) is 14.0. The molecule has 0 radical (unpaired) electrons. The van der Waals surface area contributed by atoms with Gasteiger partial charge in [-0.05, 0) is 29.2 Å². The normalized spacial score (nSPS) is 10.6. The third-order valence-corrected chi connectivity index (χ3v) is 3.84. The van der Waals surface area contributed by atoms with Crippen LogP contribution in [0.2, 0.25) is 0 Å². The van der Waals surface area contributed by atoms with Gasteiger partial charge in [0, 0.05) is 12.0 Å². The van der Waals surface area contributed by atoms with Crippen molar-refractivity contribution in [1.29, 1.82) is 0 Å². The van der Waals surface area contributed by atoms with Crippen LogP contribution in [-0.4, -0.2) is 22.8 Å². The number of carbonyl (C=O) groups is 1. The Balaban J connectivity index is 2.11. The maximum atomic E-state index is 11.3. The van der Waals surface area contributed by atoms with E-state index in [1.165, 1.54) is 6.07 Å². The van der Waals surface area contributed by atoms with Gasteiger partial charge in [0.05, 0.1) is 6.61 Å². The van der Waals surface area contributed by atoms with Crippen molar-refractivity contribution in [2.75, 3.05) is 6.61 Å². The van der Waals surface area contributed by atoms with E-state index in [9.17, 15) is 15.0 Å². The molecule has 0 aromatic heterocycles. The molecule has 0 aliphatic carbocycles. The molecule has 0 aliphatic rings. The molecule has 2 rings (SSSR count). The molecular weight excluding hydrogens is 304 g/mol. The summed E-state index contributed by atoms with van der Waals surface area (Å²) in [5.74, 6) is -0.903. The number of hydrogen-bond acceptors (Lipinski definition) is 3. The van der Waals surface area contributed by atoms with Crippen molar-refractivity contribution in [2.24, 2.45) is 0 Å². The standard InChI is InChI=1S/C20H22O4/c1-4-14-5-7-15(8-6-14)9-10-24-16-11-17(13(2)3)19(21)18(12-16)20(22)23/h4-8,11-13,21H,1,9-10H2,2-3H3,(H,22,23). The number of aromatic carboxylic acids is 1. The van der Waals surface area contributed by atoms with Crippen molar-refractivity contribution in [3.05, 3.63) is 65.2 Å². The average Bonchev–Trinajstić information content (AvgIpc) is 2.56. The molecule has 0 heterocycles. The zero-order valence-electron chi connectivity index (χ0n) is 14.0. The van der Waals surface area contributed by atoms with Gasteiger partial charge in [-0.3, -0.25) is 0 Å². The van der Waals surface area contributed by atoms with Gasteiger partial charge >= 0.3 is 5.97 Å². The van der Waals surface area contributed by atoms with Crippen LogP contribution in [0.25, 0.3) is 6.08 Å². The minimum absolute atomic E-state index is 0.00176. The SMILES string of the molecule is C=Cc1ccc(CCOc2cc(C(=O)O)c(O)c(C(C)C)c2)cc1. The fourth-order valence-corrected chi connectivity index (χ4v) is 2.42. The second kappa shape index (κ2) is 7.68. The molecule has 24 heavy (non-hydrogen) atoms. The molecule has 0 saturated heterocycles. The summed E-state index contributed by atoms with van der Waals surface area (Å²) in [6.45, 7) is 7.94. The highest BCUT2D eigenvalue weighted by molar-refractivity contribution is 5.92. The third kappa shape index (κ3) is 4.16. The Kier molecular flexibility index (Phi) is 5.64. The Bertz CT molecular complexity index is 730. The van der Waals surface area contributed by atoms with Crippen LogP contribution >= 0.6 is 0 Å². The number of hydrogen-bond donors (Lipinski definition) is 2. The van der Waals surface area contributed by atoms with Crippen LogP contribution in [0.4, 0.5) is 0 Å². The molecule has 126 valence electrons. The number of benzene rings is 2.